The Bertz CT molecular complexity index is 726. The molecule has 102 valence electrons. The van der Waals surface area contributed by atoms with Crippen molar-refractivity contribution in [1.82, 2.24) is 9.78 Å². The Hall–Kier alpha value is -1.24. The van der Waals surface area contributed by atoms with E-state index in [4.69, 9.17) is 23.2 Å². The van der Waals surface area contributed by atoms with E-state index in [-0.39, 0.29) is 9.92 Å². The van der Waals surface area contributed by atoms with Crippen molar-refractivity contribution in [3.05, 3.63) is 40.0 Å². The van der Waals surface area contributed by atoms with Gasteiger partial charge in [-0.1, -0.05) is 23.2 Å². The normalized spacial score (nSPS) is 11.6. The second kappa shape index (κ2) is 5.03. The highest BCUT2D eigenvalue weighted by Crippen LogP contribution is 2.26. The number of nitrogens with zero attached hydrogens (tertiary/aromatic N) is 2. The number of hydrogen-bond acceptors (Lipinski definition) is 3. The fraction of sp³-hybridized carbons (Fsp3) is 0.182. The van der Waals surface area contributed by atoms with Gasteiger partial charge in [0.2, 0.25) is 0 Å². The molecule has 1 heterocycles. The van der Waals surface area contributed by atoms with Gasteiger partial charge in [-0.25, -0.2) is 8.42 Å². The summed E-state index contributed by atoms with van der Waals surface area (Å²) in [5.41, 5.74) is 0.706. The van der Waals surface area contributed by atoms with Crippen LogP contribution in [-0.2, 0) is 17.1 Å². The average molecular weight is 320 g/mol. The van der Waals surface area contributed by atoms with Crippen molar-refractivity contribution in [2.75, 3.05) is 4.72 Å². The molecule has 1 N–H and O–H groups in total. The summed E-state index contributed by atoms with van der Waals surface area (Å²) >= 11 is 11.7. The molecular formula is C11H11Cl2N3O2S. The molecule has 8 heteroatoms. The van der Waals surface area contributed by atoms with Crippen LogP contribution >= 0.6 is 23.2 Å². The molecule has 0 aliphatic rings. The van der Waals surface area contributed by atoms with Gasteiger partial charge >= 0.3 is 0 Å². The Morgan fingerprint density at radius 3 is 2.53 bits per heavy atom. The number of nitrogens with one attached hydrogen (secondary N) is 1. The zero-order chi connectivity index (χ0) is 14.2. The number of benzene rings is 1. The van der Waals surface area contributed by atoms with Crippen LogP contribution in [0.1, 0.15) is 5.69 Å². The summed E-state index contributed by atoms with van der Waals surface area (Å²) in [5, 5.41) is 4.46. The monoisotopic (exact) mass is 319 g/mol. The third-order valence-electron chi connectivity index (χ3n) is 2.42. The number of aromatic nitrogens is 2. The van der Waals surface area contributed by atoms with Gasteiger partial charge in [-0.3, -0.25) is 9.40 Å². The van der Waals surface area contributed by atoms with Crippen molar-refractivity contribution in [3.8, 4) is 0 Å². The molecule has 0 atom stereocenters. The van der Waals surface area contributed by atoms with Gasteiger partial charge in [0.1, 0.15) is 10.7 Å². The molecule has 0 amide bonds. The zero-order valence-electron chi connectivity index (χ0n) is 10.2. The highest BCUT2D eigenvalue weighted by Gasteiger charge is 2.20. The molecule has 0 spiro atoms. The lowest BCUT2D eigenvalue weighted by atomic mass is 10.4. The molecule has 1 aromatic carbocycles. The smallest absolute Gasteiger partial charge is 0.264 e. The predicted octanol–water partition coefficient (Wildman–Crippen LogP) is 2.84. The Labute approximate surface area is 121 Å². The first-order chi connectivity index (χ1) is 8.79. The maximum atomic E-state index is 12.2. The Morgan fingerprint density at radius 1 is 1.26 bits per heavy atom. The zero-order valence-corrected chi connectivity index (χ0v) is 12.5. The van der Waals surface area contributed by atoms with Crippen LogP contribution in [0.3, 0.4) is 0 Å². The molecule has 0 radical (unpaired) electrons. The number of anilines is 1. The number of rotatable bonds is 3. The molecular weight excluding hydrogens is 309 g/mol. The van der Waals surface area contributed by atoms with E-state index in [0.29, 0.717) is 16.5 Å². The number of halogens is 2. The third kappa shape index (κ3) is 3.02. The van der Waals surface area contributed by atoms with Crippen LogP contribution in [0.5, 0.6) is 0 Å². The molecule has 0 saturated carbocycles. The summed E-state index contributed by atoms with van der Waals surface area (Å²) in [6, 6.07) is 5.88. The lowest BCUT2D eigenvalue weighted by Crippen LogP contribution is -2.15. The van der Waals surface area contributed by atoms with E-state index in [1.165, 1.54) is 22.9 Å². The van der Waals surface area contributed by atoms with E-state index in [0.717, 1.165) is 0 Å². The van der Waals surface area contributed by atoms with Gasteiger partial charge in [0.05, 0.1) is 10.7 Å². The summed E-state index contributed by atoms with van der Waals surface area (Å²) in [7, 11) is -2.16. The van der Waals surface area contributed by atoms with Crippen molar-refractivity contribution in [1.29, 1.82) is 0 Å². The van der Waals surface area contributed by atoms with Gasteiger partial charge in [0.15, 0.2) is 0 Å². The summed E-state index contributed by atoms with van der Waals surface area (Å²) < 4.78 is 28.3. The minimum atomic E-state index is -3.80. The highest BCUT2D eigenvalue weighted by molar-refractivity contribution is 7.92. The molecule has 2 rings (SSSR count). The van der Waals surface area contributed by atoms with Crippen molar-refractivity contribution in [2.45, 2.75) is 11.8 Å². The van der Waals surface area contributed by atoms with Gasteiger partial charge in [-0.2, -0.15) is 5.10 Å². The highest BCUT2D eigenvalue weighted by atomic mass is 35.5. The predicted molar refractivity (Wildman–Crippen MR) is 75.2 cm³/mol. The first kappa shape index (κ1) is 14.2. The molecule has 0 aliphatic carbocycles. The summed E-state index contributed by atoms with van der Waals surface area (Å²) in [4.78, 5) is -0.0690. The Kier molecular flexibility index (Phi) is 3.75. The standard InChI is InChI=1S/C11H11Cl2N3O2S/c1-7-5-11(16(2)14-7)15-19(17,18)10-6-8(12)3-4-9(10)13/h3-6,15H,1-2H3. The number of aryl methyl sites for hydroxylation is 2. The van der Waals surface area contributed by atoms with Crippen LogP contribution in [0, 0.1) is 6.92 Å². The van der Waals surface area contributed by atoms with Gasteiger partial charge in [0.25, 0.3) is 10.0 Å². The average Bonchev–Trinajstić information content (AvgIpc) is 2.60. The van der Waals surface area contributed by atoms with Gasteiger partial charge < -0.3 is 0 Å². The molecule has 5 nitrogen and oxygen atoms in total. The molecule has 0 saturated heterocycles. The second-order valence-corrected chi connectivity index (χ2v) is 6.47. The van der Waals surface area contributed by atoms with Crippen LogP contribution < -0.4 is 4.72 Å². The largest absolute Gasteiger partial charge is 0.264 e. The van der Waals surface area contributed by atoms with E-state index in [9.17, 15) is 8.42 Å². The van der Waals surface area contributed by atoms with Crippen LogP contribution in [0.2, 0.25) is 10.0 Å². The maximum absolute atomic E-state index is 12.2. The van der Waals surface area contributed by atoms with Crippen LogP contribution in [0.15, 0.2) is 29.2 Å². The van der Waals surface area contributed by atoms with Crippen LogP contribution in [-0.4, -0.2) is 18.2 Å². The number of sulfonamides is 1. The van der Waals surface area contributed by atoms with Crippen LogP contribution in [0.4, 0.5) is 5.82 Å². The van der Waals surface area contributed by atoms with E-state index in [2.05, 4.69) is 9.82 Å². The lowest BCUT2D eigenvalue weighted by molar-refractivity contribution is 0.600. The summed E-state index contributed by atoms with van der Waals surface area (Å²) in [5.74, 6) is 0.355. The van der Waals surface area contributed by atoms with Gasteiger partial charge in [0, 0.05) is 18.1 Å². The minimum absolute atomic E-state index is 0.0690. The minimum Gasteiger partial charge on any atom is -0.264 e. The quantitative estimate of drug-likeness (QED) is 0.946. The number of hydrogen-bond donors (Lipinski definition) is 1. The Balaban J connectivity index is 2.43. The van der Waals surface area contributed by atoms with E-state index >= 15 is 0 Å². The SMILES string of the molecule is Cc1cc(NS(=O)(=O)c2cc(Cl)ccc2Cl)n(C)n1. The first-order valence-corrected chi connectivity index (χ1v) is 7.52. The molecule has 0 aliphatic heterocycles. The first-order valence-electron chi connectivity index (χ1n) is 5.28. The fourth-order valence-electron chi connectivity index (χ4n) is 1.58. The van der Waals surface area contributed by atoms with E-state index in [1.54, 1.807) is 20.0 Å². The fourth-order valence-corrected chi connectivity index (χ4v) is 3.42. The molecule has 0 bridgehead atoms. The topological polar surface area (TPSA) is 64.0 Å². The van der Waals surface area contributed by atoms with Crippen molar-refractivity contribution >= 4 is 39.0 Å². The second-order valence-electron chi connectivity index (χ2n) is 3.97. The Morgan fingerprint density at radius 2 is 1.95 bits per heavy atom. The lowest BCUT2D eigenvalue weighted by Gasteiger charge is -2.09. The molecule has 0 unspecified atom stereocenters. The van der Waals surface area contributed by atoms with Gasteiger partial charge in [-0.15, -0.1) is 0 Å². The van der Waals surface area contributed by atoms with Crippen LogP contribution in [0.25, 0.3) is 0 Å². The third-order valence-corrected chi connectivity index (χ3v) is 4.50. The molecule has 2 aromatic rings. The molecule has 19 heavy (non-hydrogen) atoms. The summed E-state index contributed by atoms with van der Waals surface area (Å²) in [6.07, 6.45) is 0. The summed E-state index contributed by atoms with van der Waals surface area (Å²) in [6.45, 7) is 1.77. The van der Waals surface area contributed by atoms with Crippen molar-refractivity contribution in [3.63, 3.8) is 0 Å². The van der Waals surface area contributed by atoms with E-state index < -0.39 is 10.0 Å². The van der Waals surface area contributed by atoms with Crippen molar-refractivity contribution < 1.29 is 8.42 Å². The molecule has 1 aromatic heterocycles. The van der Waals surface area contributed by atoms with Crippen molar-refractivity contribution in [2.24, 2.45) is 7.05 Å². The maximum Gasteiger partial charge on any atom is 0.264 e. The van der Waals surface area contributed by atoms with Gasteiger partial charge in [-0.05, 0) is 25.1 Å². The van der Waals surface area contributed by atoms with E-state index in [1.807, 2.05) is 0 Å². The molecule has 0 fully saturated rings.